The first-order chi connectivity index (χ1) is 33.8. The summed E-state index contributed by atoms with van der Waals surface area (Å²) in [4.78, 5) is 73.5. The second-order valence-electron chi connectivity index (χ2n) is 21.0. The number of hydrogen-bond acceptors (Lipinski definition) is 12. The smallest absolute Gasteiger partial charge is 0.339 e. The van der Waals surface area contributed by atoms with Crippen LogP contribution in [0.25, 0.3) is 11.3 Å². The van der Waals surface area contributed by atoms with Gasteiger partial charge in [0.25, 0.3) is 0 Å². The van der Waals surface area contributed by atoms with Crippen LogP contribution in [-0.2, 0) is 32.8 Å². The van der Waals surface area contributed by atoms with Gasteiger partial charge in [0.1, 0.15) is 34.5 Å². The predicted octanol–water partition coefficient (Wildman–Crippen LogP) is 11.6. The maximum atomic E-state index is 13.5. The molecule has 5 aromatic rings. The molecule has 3 N–H and O–H groups in total. The van der Waals surface area contributed by atoms with Crippen molar-refractivity contribution in [2.45, 2.75) is 128 Å². The Morgan fingerprint density at radius 2 is 1.61 bits per heavy atom. The molecule has 3 aromatic carbocycles. The van der Waals surface area contributed by atoms with E-state index in [2.05, 4.69) is 21.7 Å². The molecule has 5 aliphatic rings. The van der Waals surface area contributed by atoms with Gasteiger partial charge >= 0.3 is 5.97 Å². The third kappa shape index (κ3) is 9.93. The first kappa shape index (κ1) is 47.2. The number of carbonyl (C=O) groups excluding carboxylic acids is 5. The number of ether oxygens (including phenoxy) is 1. The van der Waals surface area contributed by atoms with Gasteiger partial charge in [-0.1, -0.05) is 60.5 Å². The molecular weight excluding hydrogens is 881 g/mol. The number of ketones is 4. The van der Waals surface area contributed by atoms with Gasteiger partial charge in [-0.2, -0.15) is 4.98 Å². The third-order valence-electron chi connectivity index (χ3n) is 16.0. The summed E-state index contributed by atoms with van der Waals surface area (Å²) >= 11 is 0. The van der Waals surface area contributed by atoms with E-state index in [-0.39, 0.29) is 55.0 Å². The van der Waals surface area contributed by atoms with Crippen molar-refractivity contribution in [3.8, 4) is 11.3 Å². The molecule has 2 saturated carbocycles. The number of furan rings is 1. The molecule has 70 heavy (non-hydrogen) atoms. The number of Topliss-reactive ketones (excluding diaryl/α,β-unsaturated/α-hetero) is 4. The fourth-order valence-electron chi connectivity index (χ4n) is 11.7. The van der Waals surface area contributed by atoms with Gasteiger partial charge in [0, 0.05) is 60.2 Å². The largest absolute Gasteiger partial charge is 0.461 e. The second kappa shape index (κ2) is 19.7. The van der Waals surface area contributed by atoms with Crippen molar-refractivity contribution in [3.05, 3.63) is 136 Å². The number of cyclic esters (lactones) is 1. The van der Waals surface area contributed by atoms with E-state index in [1.807, 2.05) is 86.6 Å². The second-order valence-corrected chi connectivity index (χ2v) is 21.0. The lowest BCUT2D eigenvalue weighted by molar-refractivity contribution is -0.124. The quantitative estimate of drug-likeness (QED) is 0.0392. The van der Waals surface area contributed by atoms with Gasteiger partial charge in [0.15, 0.2) is 11.6 Å². The number of hydrogen-bond donors (Lipinski definition) is 3. The van der Waals surface area contributed by atoms with Crippen LogP contribution >= 0.6 is 0 Å². The highest BCUT2D eigenvalue weighted by Gasteiger charge is 2.42. The lowest BCUT2D eigenvalue weighted by Crippen LogP contribution is -2.29. The SMILES string of the molecule is CC1(C)OC(=O)c2ccc(Nc3ncc(-c4ccc(CCCC5CCC6(CC=C(Cc7ccc8c(c7)C(=O)C(CC7CCC(=O)CCC7=O)C8=O)CC6)CC5)o4)c(N[C@H](CO)c4ccccc4)n3)cc21. The first-order valence-electron chi connectivity index (χ1n) is 25.3. The summed E-state index contributed by atoms with van der Waals surface area (Å²) in [6.07, 6.45) is 17.6. The first-order valence-corrected chi connectivity index (χ1v) is 25.3. The molecular formula is C58H62N4O8. The highest BCUT2D eigenvalue weighted by molar-refractivity contribution is 6.26. The average Bonchev–Trinajstić information content (AvgIpc) is 3.96. The summed E-state index contributed by atoms with van der Waals surface area (Å²) in [7, 11) is 0. The fraction of sp³-hybridized carbons (Fsp3) is 0.431. The number of aliphatic hydroxyl groups is 1. The van der Waals surface area contributed by atoms with Gasteiger partial charge in [-0.3, -0.25) is 19.2 Å². The number of esters is 1. The Morgan fingerprint density at radius 1 is 0.814 bits per heavy atom. The van der Waals surface area contributed by atoms with Crippen LogP contribution in [0.3, 0.4) is 0 Å². The molecule has 0 amide bonds. The van der Waals surface area contributed by atoms with Crippen molar-refractivity contribution in [2.75, 3.05) is 17.2 Å². The number of rotatable bonds is 15. The van der Waals surface area contributed by atoms with Crippen LogP contribution in [0.5, 0.6) is 0 Å². The van der Waals surface area contributed by atoms with Gasteiger partial charge in [0.05, 0.1) is 29.7 Å². The molecule has 1 aliphatic heterocycles. The number of aryl methyl sites for hydroxylation is 1. The maximum absolute atomic E-state index is 13.5. The summed E-state index contributed by atoms with van der Waals surface area (Å²) in [6, 6.07) is 24.5. The van der Waals surface area contributed by atoms with Crippen LogP contribution in [0.1, 0.15) is 163 Å². The molecule has 1 spiro atoms. The Bertz CT molecular complexity index is 2870. The maximum Gasteiger partial charge on any atom is 0.339 e. The van der Waals surface area contributed by atoms with Crippen molar-refractivity contribution in [3.63, 3.8) is 0 Å². The molecule has 3 heterocycles. The van der Waals surface area contributed by atoms with Gasteiger partial charge in [0.2, 0.25) is 5.95 Å². The van der Waals surface area contributed by atoms with E-state index in [0.29, 0.717) is 69.6 Å². The number of carbonyl (C=O) groups is 5. The Balaban J connectivity index is 0.727. The van der Waals surface area contributed by atoms with Crippen molar-refractivity contribution < 1.29 is 38.2 Å². The van der Waals surface area contributed by atoms with Crippen molar-refractivity contribution in [1.82, 2.24) is 9.97 Å². The minimum absolute atomic E-state index is 0.000382. The Labute approximate surface area is 409 Å². The zero-order chi connectivity index (χ0) is 48.6. The summed E-state index contributed by atoms with van der Waals surface area (Å²) < 4.78 is 12.0. The monoisotopic (exact) mass is 942 g/mol. The highest BCUT2D eigenvalue weighted by atomic mass is 16.6. The number of fused-ring (bicyclic) bond motifs is 2. The van der Waals surface area contributed by atoms with Gasteiger partial charge in [-0.15, -0.1) is 0 Å². The van der Waals surface area contributed by atoms with Crippen LogP contribution in [0.4, 0.5) is 17.5 Å². The van der Waals surface area contributed by atoms with Crippen LogP contribution in [0.2, 0.25) is 0 Å². The topological polar surface area (TPSA) is 178 Å². The highest BCUT2D eigenvalue weighted by Crippen LogP contribution is 2.50. The summed E-state index contributed by atoms with van der Waals surface area (Å²) in [5.74, 6) is 1.24. The van der Waals surface area contributed by atoms with E-state index in [1.54, 1.807) is 12.3 Å². The summed E-state index contributed by atoms with van der Waals surface area (Å²) in [5.41, 5.74) is 6.65. The molecule has 10 rings (SSSR count). The minimum atomic E-state index is -0.824. The van der Waals surface area contributed by atoms with Crippen LogP contribution < -0.4 is 10.6 Å². The number of nitrogens with zero attached hydrogens (tertiary/aromatic N) is 2. The standard InChI is InChI=1S/C58H62N4O8/c1-57(2)48-32-40(13-18-44(48)55(68)70-57)60-56-59-33-47(54(62-56)61-49(34-63)38-8-4-3-5-9-38)51-20-16-42(69-51)10-6-7-35-21-25-58(26-22-35)27-23-36(24-28-58)29-37-11-17-43-45(30-37)53(67)46(52(43)66)31-39-12-14-41(64)15-19-50(39)65/h3-5,8-9,11,13,16-18,20,23,30,32-33,35,39,46,49,63H,6-7,10,12,14-15,19,21-22,24-29,31,34H2,1-2H3,(H2,59,60,61,62)/t35?,39?,46?,49-,58?/m1/s1. The lowest BCUT2D eigenvalue weighted by atomic mass is 9.63. The van der Waals surface area contributed by atoms with Crippen LogP contribution in [0.15, 0.2) is 101 Å². The van der Waals surface area contributed by atoms with Crippen molar-refractivity contribution in [1.29, 1.82) is 0 Å². The van der Waals surface area contributed by atoms with Crippen LogP contribution in [-0.4, -0.2) is 50.8 Å². The number of aliphatic hydroxyl groups excluding tert-OH is 1. The van der Waals surface area contributed by atoms with Crippen molar-refractivity contribution in [2.24, 2.45) is 23.2 Å². The fourth-order valence-corrected chi connectivity index (χ4v) is 11.7. The van der Waals surface area contributed by atoms with E-state index in [4.69, 9.17) is 14.1 Å². The van der Waals surface area contributed by atoms with Crippen LogP contribution in [0, 0.1) is 23.2 Å². The van der Waals surface area contributed by atoms with E-state index >= 15 is 0 Å². The summed E-state index contributed by atoms with van der Waals surface area (Å²) in [6.45, 7) is 3.58. The van der Waals surface area contributed by atoms with E-state index in [9.17, 15) is 29.1 Å². The van der Waals surface area contributed by atoms with Gasteiger partial charge < -0.3 is 24.9 Å². The van der Waals surface area contributed by atoms with Gasteiger partial charge in [-0.25, -0.2) is 9.78 Å². The van der Waals surface area contributed by atoms with E-state index in [0.717, 1.165) is 61.0 Å². The molecule has 0 bridgehead atoms. The third-order valence-corrected chi connectivity index (χ3v) is 16.0. The molecule has 0 radical (unpaired) electrons. The molecule has 0 saturated heterocycles. The molecule has 2 aromatic heterocycles. The number of anilines is 3. The van der Waals surface area contributed by atoms with E-state index in [1.165, 1.54) is 37.7 Å². The number of nitrogens with one attached hydrogen (secondary N) is 2. The average molecular weight is 943 g/mol. The number of benzene rings is 3. The van der Waals surface area contributed by atoms with E-state index < -0.39 is 23.5 Å². The predicted molar refractivity (Wildman–Crippen MR) is 266 cm³/mol. The molecule has 2 unspecified atom stereocenters. The zero-order valence-electron chi connectivity index (χ0n) is 40.2. The molecule has 2 fully saturated rings. The minimum Gasteiger partial charge on any atom is -0.461 e. The zero-order valence-corrected chi connectivity index (χ0v) is 40.2. The molecule has 4 aliphatic carbocycles. The molecule has 362 valence electrons. The normalized spacial score (nSPS) is 23.4. The Morgan fingerprint density at radius 3 is 2.40 bits per heavy atom. The Kier molecular flexibility index (Phi) is 13.3. The lowest BCUT2D eigenvalue weighted by Gasteiger charge is -2.42. The number of allylic oxidation sites excluding steroid dienone is 2. The van der Waals surface area contributed by atoms with Gasteiger partial charge in [-0.05, 0) is 143 Å². The summed E-state index contributed by atoms with van der Waals surface area (Å²) in [5, 5.41) is 17.2. The molecule has 3 atom stereocenters. The molecule has 12 nitrogen and oxygen atoms in total. The Hall–Kier alpha value is -6.53. The van der Waals surface area contributed by atoms with Crippen molar-refractivity contribution >= 4 is 46.6 Å². The molecule has 12 heteroatoms. The number of aromatic nitrogens is 2.